The second-order valence-electron chi connectivity index (χ2n) is 3.64. The lowest BCUT2D eigenvalue weighted by Crippen LogP contribution is -2.23. The molecule has 0 spiro atoms. The second-order valence-corrected chi connectivity index (χ2v) is 3.64. The molecule has 0 saturated carbocycles. The smallest absolute Gasteiger partial charge is 0.224 e. The first-order valence-electron chi connectivity index (χ1n) is 4.84. The van der Waals surface area contributed by atoms with Gasteiger partial charge in [0.2, 0.25) is 5.91 Å². The van der Waals surface area contributed by atoms with Crippen LogP contribution in [0.2, 0.25) is 0 Å². The second kappa shape index (κ2) is 3.82. The molecule has 0 atom stereocenters. The molecule has 1 aliphatic rings. The van der Waals surface area contributed by atoms with Gasteiger partial charge in [0.1, 0.15) is 0 Å². The van der Waals surface area contributed by atoms with Crippen LogP contribution >= 0.6 is 0 Å². The van der Waals surface area contributed by atoms with E-state index < -0.39 is 0 Å². The van der Waals surface area contributed by atoms with Gasteiger partial charge in [0.05, 0.1) is 6.54 Å². The van der Waals surface area contributed by atoms with Gasteiger partial charge in [-0.1, -0.05) is 25.7 Å². The molecule has 2 heteroatoms. The van der Waals surface area contributed by atoms with Crippen LogP contribution in [0.3, 0.4) is 0 Å². The Labute approximate surface area is 85.6 Å². The number of allylic oxidation sites excluding steroid dienone is 2. The summed E-state index contributed by atoms with van der Waals surface area (Å²) in [5.74, 6) is 0.0371. The number of hydrogen-bond acceptors (Lipinski definition) is 1. The van der Waals surface area contributed by atoms with E-state index in [1.165, 1.54) is 11.1 Å². The predicted molar refractivity (Wildman–Crippen MR) is 58.7 cm³/mol. The first kappa shape index (κ1) is 10.8. The van der Waals surface area contributed by atoms with Crippen LogP contribution in [0.1, 0.15) is 27.2 Å². The van der Waals surface area contributed by atoms with Crippen molar-refractivity contribution in [2.24, 2.45) is 0 Å². The Kier molecular flexibility index (Phi) is 2.94. The first-order valence-corrected chi connectivity index (χ1v) is 4.84. The topological polar surface area (TPSA) is 20.3 Å². The summed E-state index contributed by atoms with van der Waals surface area (Å²) in [4.78, 5) is 12.9. The van der Waals surface area contributed by atoms with E-state index in [9.17, 15) is 4.79 Å². The highest BCUT2D eigenvalue weighted by Crippen LogP contribution is 2.32. The van der Waals surface area contributed by atoms with Crippen molar-refractivity contribution >= 4 is 5.91 Å². The molecule has 1 aliphatic heterocycles. The predicted octanol–water partition coefficient (Wildman–Crippen LogP) is 2.64. The highest BCUT2D eigenvalue weighted by Gasteiger charge is 2.27. The summed E-state index contributed by atoms with van der Waals surface area (Å²) in [5, 5.41) is 0. The van der Waals surface area contributed by atoms with Crippen LogP contribution in [0, 0.1) is 0 Å². The highest BCUT2D eigenvalue weighted by atomic mass is 16.2. The molecule has 0 N–H and O–H groups in total. The summed E-state index contributed by atoms with van der Waals surface area (Å²) < 4.78 is 0. The molecule has 1 fully saturated rings. The van der Waals surface area contributed by atoms with Crippen molar-refractivity contribution in [1.82, 2.24) is 4.90 Å². The lowest BCUT2D eigenvalue weighted by molar-refractivity contribution is -0.126. The largest absolute Gasteiger partial charge is 0.308 e. The van der Waals surface area contributed by atoms with Gasteiger partial charge in [-0.05, 0) is 24.5 Å². The van der Waals surface area contributed by atoms with E-state index in [4.69, 9.17) is 0 Å². The van der Waals surface area contributed by atoms with Crippen molar-refractivity contribution in [3.05, 3.63) is 35.6 Å². The Morgan fingerprint density at radius 2 is 2.00 bits per heavy atom. The molecule has 0 aromatic rings. The molecule has 0 radical (unpaired) electrons. The minimum Gasteiger partial charge on any atom is -0.308 e. The third kappa shape index (κ3) is 1.65. The van der Waals surface area contributed by atoms with Gasteiger partial charge in [-0.2, -0.15) is 0 Å². The van der Waals surface area contributed by atoms with Gasteiger partial charge in [-0.3, -0.25) is 4.79 Å². The first-order chi connectivity index (χ1) is 6.49. The van der Waals surface area contributed by atoms with Crippen LogP contribution in [0.25, 0.3) is 0 Å². The Bertz CT molecular complexity index is 336. The number of rotatable bonds is 1. The highest BCUT2D eigenvalue weighted by molar-refractivity contribution is 5.79. The average Bonchev–Trinajstić information content (AvgIpc) is 2.43. The molecular formula is C12H17NO. The van der Waals surface area contributed by atoms with Crippen molar-refractivity contribution in [3.63, 3.8) is 0 Å². The normalized spacial score (nSPS) is 20.4. The molecule has 0 bridgehead atoms. The fourth-order valence-electron chi connectivity index (χ4n) is 1.59. The maximum Gasteiger partial charge on any atom is 0.224 e. The third-order valence-corrected chi connectivity index (χ3v) is 2.78. The van der Waals surface area contributed by atoms with Crippen LogP contribution in [0.5, 0.6) is 0 Å². The Hall–Kier alpha value is -1.31. The van der Waals surface area contributed by atoms with Gasteiger partial charge in [0.25, 0.3) is 0 Å². The molecule has 0 unspecified atom stereocenters. The number of hydrogen-bond donors (Lipinski definition) is 0. The van der Waals surface area contributed by atoms with E-state index in [1.54, 1.807) is 11.8 Å². The number of likely N-dealkylation sites (tertiary alicyclic amines) is 1. The zero-order chi connectivity index (χ0) is 10.9. The number of amides is 1. The molecule has 0 aromatic heterocycles. The van der Waals surface area contributed by atoms with E-state index in [0.717, 1.165) is 17.7 Å². The Morgan fingerprint density at radius 3 is 2.36 bits per heavy atom. The lowest BCUT2D eigenvalue weighted by atomic mass is 10.0. The third-order valence-electron chi connectivity index (χ3n) is 2.78. The molecule has 1 rings (SSSR count). The molecule has 76 valence electrons. The Morgan fingerprint density at radius 1 is 1.43 bits per heavy atom. The zero-order valence-electron chi connectivity index (χ0n) is 9.18. The fraction of sp³-hybridized carbons (Fsp3) is 0.417. The van der Waals surface area contributed by atoms with Crippen LogP contribution in [0.4, 0.5) is 0 Å². The SMILES string of the molecule is C=C1C(=C)N(C(C)=O)C/C1=C(/C)CC. The monoisotopic (exact) mass is 191 g/mol. The van der Waals surface area contributed by atoms with E-state index >= 15 is 0 Å². The maximum atomic E-state index is 11.3. The van der Waals surface area contributed by atoms with Crippen molar-refractivity contribution in [1.29, 1.82) is 0 Å². The Balaban J connectivity index is 3.05. The summed E-state index contributed by atoms with van der Waals surface area (Å²) in [6, 6.07) is 0. The van der Waals surface area contributed by atoms with E-state index in [2.05, 4.69) is 27.0 Å². The van der Waals surface area contributed by atoms with Crippen LogP contribution in [-0.2, 0) is 4.79 Å². The van der Waals surface area contributed by atoms with E-state index in [-0.39, 0.29) is 5.91 Å². The maximum absolute atomic E-state index is 11.3. The van der Waals surface area contributed by atoms with Gasteiger partial charge in [0.15, 0.2) is 0 Å². The summed E-state index contributed by atoms with van der Waals surface area (Å²) in [7, 11) is 0. The minimum atomic E-state index is 0.0371. The lowest BCUT2D eigenvalue weighted by Gasteiger charge is -2.12. The van der Waals surface area contributed by atoms with Crippen LogP contribution in [-0.4, -0.2) is 17.4 Å². The van der Waals surface area contributed by atoms with Gasteiger partial charge in [-0.15, -0.1) is 0 Å². The molecule has 1 amide bonds. The summed E-state index contributed by atoms with van der Waals surface area (Å²) in [5.41, 5.74) is 4.13. The number of carbonyl (C=O) groups excluding carboxylic acids is 1. The number of nitrogens with zero attached hydrogens (tertiary/aromatic N) is 1. The standard InChI is InChI=1S/C12H17NO/c1-6-8(2)12-7-13(11(5)14)10(4)9(12)3/h3-4,6-7H2,1-2,5H3/b12-8+. The quantitative estimate of drug-likeness (QED) is 0.624. The molecule has 1 saturated heterocycles. The molecule has 0 aliphatic carbocycles. The summed E-state index contributed by atoms with van der Waals surface area (Å²) in [6.07, 6.45) is 0.993. The molecule has 1 heterocycles. The average molecular weight is 191 g/mol. The molecule has 0 aromatic carbocycles. The van der Waals surface area contributed by atoms with E-state index in [0.29, 0.717) is 6.54 Å². The van der Waals surface area contributed by atoms with Crippen molar-refractivity contribution in [2.75, 3.05) is 6.54 Å². The molecule has 2 nitrogen and oxygen atoms in total. The minimum absolute atomic E-state index is 0.0371. The summed E-state index contributed by atoms with van der Waals surface area (Å²) in [6.45, 7) is 14.2. The van der Waals surface area contributed by atoms with Gasteiger partial charge in [-0.25, -0.2) is 0 Å². The summed E-state index contributed by atoms with van der Waals surface area (Å²) >= 11 is 0. The van der Waals surface area contributed by atoms with Gasteiger partial charge in [0, 0.05) is 12.6 Å². The zero-order valence-corrected chi connectivity index (χ0v) is 9.18. The van der Waals surface area contributed by atoms with Gasteiger partial charge >= 0.3 is 0 Å². The van der Waals surface area contributed by atoms with E-state index in [1.807, 2.05) is 0 Å². The van der Waals surface area contributed by atoms with Crippen molar-refractivity contribution in [3.8, 4) is 0 Å². The van der Waals surface area contributed by atoms with Crippen LogP contribution < -0.4 is 0 Å². The van der Waals surface area contributed by atoms with Crippen molar-refractivity contribution < 1.29 is 4.79 Å². The van der Waals surface area contributed by atoms with Crippen LogP contribution in [0.15, 0.2) is 35.6 Å². The molecular weight excluding hydrogens is 174 g/mol. The van der Waals surface area contributed by atoms with Crippen molar-refractivity contribution in [2.45, 2.75) is 27.2 Å². The number of carbonyl (C=O) groups is 1. The molecule has 14 heavy (non-hydrogen) atoms. The fourth-order valence-corrected chi connectivity index (χ4v) is 1.59. The van der Waals surface area contributed by atoms with Gasteiger partial charge < -0.3 is 4.90 Å².